The minimum Gasteiger partial charge on any atom is -0.385 e. The van der Waals surface area contributed by atoms with Crippen molar-refractivity contribution in [1.82, 2.24) is 14.8 Å². The summed E-state index contributed by atoms with van der Waals surface area (Å²) >= 11 is 6.06. The molecule has 0 radical (unpaired) electrons. The van der Waals surface area contributed by atoms with Gasteiger partial charge < -0.3 is 19.5 Å². The number of hydrogen-bond acceptors (Lipinski definition) is 2. The molecule has 23 heavy (non-hydrogen) atoms. The third-order valence-electron chi connectivity index (χ3n) is 4.92. The number of ether oxygens (including phenoxy) is 1. The summed E-state index contributed by atoms with van der Waals surface area (Å²) in [5, 5.41) is 4.32. The highest BCUT2D eigenvalue weighted by atomic mass is 35.5. The van der Waals surface area contributed by atoms with Gasteiger partial charge in [-0.15, -0.1) is 0 Å². The Morgan fingerprint density at radius 3 is 2.74 bits per heavy atom. The van der Waals surface area contributed by atoms with Gasteiger partial charge in [0, 0.05) is 53.3 Å². The molecule has 0 bridgehead atoms. The van der Waals surface area contributed by atoms with E-state index in [1.165, 1.54) is 19.3 Å². The highest BCUT2D eigenvalue weighted by molar-refractivity contribution is 6.30. The Balaban J connectivity index is 1.90. The molecule has 0 amide bonds. The minimum atomic E-state index is 0.376. The lowest BCUT2D eigenvalue weighted by Crippen LogP contribution is -2.47. The number of aliphatic imine (C=N–C) groups is 1. The van der Waals surface area contributed by atoms with E-state index < -0.39 is 0 Å². The van der Waals surface area contributed by atoms with Crippen molar-refractivity contribution in [3.8, 4) is 0 Å². The predicted octanol–water partition coefficient (Wildman–Crippen LogP) is 2.89. The maximum Gasteiger partial charge on any atom is 0.193 e. The molecule has 6 heteroatoms. The van der Waals surface area contributed by atoms with Gasteiger partial charge in [0.1, 0.15) is 0 Å². The number of nitrogens with one attached hydrogen (secondary N) is 1. The molecule has 1 aromatic rings. The minimum absolute atomic E-state index is 0.376. The molecule has 1 fully saturated rings. The molecule has 1 N–H and O–H groups in total. The average Bonchev–Trinajstić information content (AvgIpc) is 2.79. The number of nitrogens with zero attached hydrogens (tertiary/aromatic N) is 3. The Labute approximate surface area is 144 Å². The number of methoxy groups -OCH3 is 1. The van der Waals surface area contributed by atoms with Crippen molar-refractivity contribution < 1.29 is 4.74 Å². The molecule has 1 heterocycles. The lowest BCUT2D eigenvalue weighted by atomic mass is 9.67. The van der Waals surface area contributed by atoms with Crippen molar-refractivity contribution in [3.63, 3.8) is 0 Å². The van der Waals surface area contributed by atoms with Crippen LogP contribution < -0.4 is 5.32 Å². The van der Waals surface area contributed by atoms with Gasteiger partial charge in [-0.25, -0.2) is 0 Å². The molecule has 0 spiro atoms. The van der Waals surface area contributed by atoms with Gasteiger partial charge in [0.05, 0.1) is 11.6 Å². The number of aryl methyl sites for hydroxylation is 1. The Morgan fingerprint density at radius 2 is 2.26 bits per heavy atom. The van der Waals surface area contributed by atoms with Crippen molar-refractivity contribution >= 4 is 17.6 Å². The molecule has 0 aromatic carbocycles. The topological polar surface area (TPSA) is 41.8 Å². The van der Waals surface area contributed by atoms with E-state index >= 15 is 0 Å². The van der Waals surface area contributed by atoms with Gasteiger partial charge in [-0.3, -0.25) is 4.99 Å². The van der Waals surface area contributed by atoms with Crippen molar-refractivity contribution in [2.24, 2.45) is 17.5 Å². The molecule has 130 valence electrons. The highest BCUT2D eigenvalue weighted by Crippen LogP contribution is 2.43. The van der Waals surface area contributed by atoms with Gasteiger partial charge in [0.2, 0.25) is 0 Å². The lowest BCUT2D eigenvalue weighted by Gasteiger charge is -2.42. The van der Waals surface area contributed by atoms with Crippen molar-refractivity contribution in [1.29, 1.82) is 0 Å². The first-order valence-electron chi connectivity index (χ1n) is 8.21. The largest absolute Gasteiger partial charge is 0.385 e. The predicted molar refractivity (Wildman–Crippen MR) is 96.0 cm³/mol. The fourth-order valence-corrected chi connectivity index (χ4v) is 3.48. The normalized spacial score (nSPS) is 17.0. The fourth-order valence-electron chi connectivity index (χ4n) is 3.20. The number of halogens is 1. The SMILES string of the molecule is CN=C(NCC1(CCOC)CCC1)N(C)Cc1cc(Cl)cn1C. The quantitative estimate of drug-likeness (QED) is 0.613. The monoisotopic (exact) mass is 340 g/mol. The van der Waals surface area contributed by atoms with Crippen LogP contribution in [0.5, 0.6) is 0 Å². The van der Waals surface area contributed by atoms with Crippen LogP contribution in [-0.2, 0) is 18.3 Å². The van der Waals surface area contributed by atoms with E-state index in [-0.39, 0.29) is 0 Å². The lowest BCUT2D eigenvalue weighted by molar-refractivity contribution is 0.0727. The molecular weight excluding hydrogens is 312 g/mol. The van der Waals surface area contributed by atoms with Gasteiger partial charge in [0.25, 0.3) is 0 Å². The van der Waals surface area contributed by atoms with Crippen LogP contribution in [0.15, 0.2) is 17.3 Å². The van der Waals surface area contributed by atoms with Crippen molar-refractivity contribution in [3.05, 3.63) is 23.0 Å². The van der Waals surface area contributed by atoms with Crippen LogP contribution in [0.1, 0.15) is 31.4 Å². The summed E-state index contributed by atoms with van der Waals surface area (Å²) in [5.74, 6) is 0.922. The zero-order valence-electron chi connectivity index (χ0n) is 14.7. The zero-order valence-corrected chi connectivity index (χ0v) is 15.5. The maximum absolute atomic E-state index is 6.06. The van der Waals surface area contributed by atoms with Crippen LogP contribution >= 0.6 is 11.6 Å². The molecule has 0 unspecified atom stereocenters. The Bertz CT molecular complexity index is 537. The van der Waals surface area contributed by atoms with Crippen molar-refractivity contribution in [2.75, 3.05) is 34.4 Å². The second-order valence-corrected chi connectivity index (χ2v) is 7.05. The Hall–Kier alpha value is -1.20. The van der Waals surface area contributed by atoms with Gasteiger partial charge in [-0.05, 0) is 30.7 Å². The summed E-state index contributed by atoms with van der Waals surface area (Å²) in [6, 6.07) is 2.00. The highest BCUT2D eigenvalue weighted by Gasteiger charge is 2.36. The Morgan fingerprint density at radius 1 is 1.52 bits per heavy atom. The van der Waals surface area contributed by atoms with Crippen LogP contribution in [0.3, 0.4) is 0 Å². The molecule has 0 saturated heterocycles. The summed E-state index contributed by atoms with van der Waals surface area (Å²) in [6.07, 6.45) is 6.91. The molecule has 1 aromatic heterocycles. The summed E-state index contributed by atoms with van der Waals surface area (Å²) in [7, 11) is 7.68. The second kappa shape index (κ2) is 8.06. The fraction of sp³-hybridized carbons (Fsp3) is 0.706. The second-order valence-electron chi connectivity index (χ2n) is 6.61. The zero-order chi connectivity index (χ0) is 16.9. The summed E-state index contributed by atoms with van der Waals surface area (Å²) in [4.78, 5) is 6.55. The summed E-state index contributed by atoms with van der Waals surface area (Å²) in [6.45, 7) is 2.56. The summed E-state index contributed by atoms with van der Waals surface area (Å²) in [5.41, 5.74) is 1.54. The molecule has 5 nitrogen and oxygen atoms in total. The van der Waals surface area contributed by atoms with Crippen LogP contribution in [0.2, 0.25) is 5.02 Å². The maximum atomic E-state index is 6.06. The molecule has 1 aliphatic rings. The molecule has 1 aliphatic carbocycles. The number of rotatable bonds is 7. The van der Waals surface area contributed by atoms with E-state index in [2.05, 4.69) is 26.8 Å². The molecule has 0 atom stereocenters. The van der Waals surface area contributed by atoms with E-state index in [9.17, 15) is 0 Å². The van der Waals surface area contributed by atoms with E-state index in [0.29, 0.717) is 5.41 Å². The van der Waals surface area contributed by atoms with Crippen LogP contribution in [0, 0.1) is 5.41 Å². The number of aromatic nitrogens is 1. The molecule has 1 saturated carbocycles. The van der Waals surface area contributed by atoms with Gasteiger partial charge in [-0.2, -0.15) is 0 Å². The average molecular weight is 341 g/mol. The van der Waals surface area contributed by atoms with Crippen LogP contribution in [-0.4, -0.2) is 49.8 Å². The number of guanidine groups is 1. The van der Waals surface area contributed by atoms with Gasteiger partial charge in [0.15, 0.2) is 5.96 Å². The van der Waals surface area contributed by atoms with E-state index in [0.717, 1.165) is 42.8 Å². The van der Waals surface area contributed by atoms with E-state index in [4.69, 9.17) is 16.3 Å². The first kappa shape index (κ1) is 18.1. The summed E-state index contributed by atoms with van der Waals surface area (Å²) < 4.78 is 7.32. The standard InChI is InChI=1S/C17H29ClN4O/c1-19-16(20-13-17(6-5-7-17)8-9-23-4)22(3)12-15-10-14(18)11-21(15)2/h10-11H,5-9,12-13H2,1-4H3,(H,19,20). The smallest absolute Gasteiger partial charge is 0.193 e. The van der Waals surface area contributed by atoms with Crippen molar-refractivity contribution in [2.45, 2.75) is 32.2 Å². The van der Waals surface area contributed by atoms with Crippen LogP contribution in [0.4, 0.5) is 0 Å². The van der Waals surface area contributed by atoms with E-state index in [1.807, 2.05) is 26.4 Å². The van der Waals surface area contributed by atoms with Crippen LogP contribution in [0.25, 0.3) is 0 Å². The molecule has 2 rings (SSSR count). The molecular formula is C17H29ClN4O. The first-order chi connectivity index (χ1) is 11.0. The Kier molecular flexibility index (Phi) is 6.36. The molecule has 0 aliphatic heterocycles. The third kappa shape index (κ3) is 4.64. The van der Waals surface area contributed by atoms with Gasteiger partial charge in [-0.1, -0.05) is 18.0 Å². The van der Waals surface area contributed by atoms with E-state index in [1.54, 1.807) is 7.11 Å². The van der Waals surface area contributed by atoms with Gasteiger partial charge >= 0.3 is 0 Å². The number of hydrogen-bond donors (Lipinski definition) is 1. The third-order valence-corrected chi connectivity index (χ3v) is 5.13. The first-order valence-corrected chi connectivity index (χ1v) is 8.59.